The van der Waals surface area contributed by atoms with Crippen molar-refractivity contribution in [3.8, 4) is 10.6 Å². The molecular formula is C13H11F2N3O2S2. The molecule has 1 aliphatic carbocycles. The maximum absolute atomic E-state index is 12.9. The number of primary amides is 1. The number of nitrogens with zero attached hydrogens (tertiary/aromatic N) is 2. The highest BCUT2D eigenvalue weighted by molar-refractivity contribution is 7.17. The van der Waals surface area contributed by atoms with Gasteiger partial charge in [-0.05, 0) is 6.92 Å². The first-order valence-corrected chi connectivity index (χ1v) is 8.10. The van der Waals surface area contributed by atoms with E-state index in [4.69, 9.17) is 5.73 Å². The number of hydrogen-bond donors (Lipinski definition) is 1. The zero-order valence-corrected chi connectivity index (χ0v) is 13.1. The minimum absolute atomic E-state index is 0.0918. The van der Waals surface area contributed by atoms with Crippen LogP contribution in [0.2, 0.25) is 0 Å². The average molecular weight is 343 g/mol. The number of alkyl halides is 2. The van der Waals surface area contributed by atoms with Gasteiger partial charge in [-0.15, -0.1) is 22.7 Å². The van der Waals surface area contributed by atoms with Crippen LogP contribution >= 0.6 is 22.7 Å². The summed E-state index contributed by atoms with van der Waals surface area (Å²) < 4.78 is 25.7. The van der Waals surface area contributed by atoms with Gasteiger partial charge in [0.2, 0.25) is 0 Å². The van der Waals surface area contributed by atoms with Crippen LogP contribution in [0.1, 0.15) is 26.9 Å². The number of rotatable bonds is 5. The van der Waals surface area contributed by atoms with E-state index < -0.39 is 23.5 Å². The second-order valence-corrected chi connectivity index (χ2v) is 7.03. The van der Waals surface area contributed by atoms with E-state index in [1.807, 2.05) is 0 Å². The first-order chi connectivity index (χ1) is 10.3. The molecule has 5 nitrogen and oxygen atoms in total. The molecule has 0 aromatic carbocycles. The van der Waals surface area contributed by atoms with Crippen LogP contribution in [0.25, 0.3) is 10.6 Å². The molecule has 0 radical (unpaired) electrons. The van der Waals surface area contributed by atoms with E-state index >= 15 is 0 Å². The van der Waals surface area contributed by atoms with Gasteiger partial charge in [0.1, 0.15) is 10.8 Å². The predicted octanol–water partition coefficient (Wildman–Crippen LogP) is 2.44. The van der Waals surface area contributed by atoms with E-state index in [1.54, 1.807) is 12.3 Å². The first kappa shape index (κ1) is 15.2. The molecule has 1 unspecified atom stereocenters. The number of aryl methyl sites for hydroxylation is 1. The zero-order valence-electron chi connectivity index (χ0n) is 11.4. The highest BCUT2D eigenvalue weighted by atomic mass is 32.1. The summed E-state index contributed by atoms with van der Waals surface area (Å²) in [6.45, 7) is 1.73. The molecule has 3 rings (SSSR count). The molecule has 1 aliphatic rings. The Labute approximate surface area is 132 Å². The molecule has 2 aromatic heterocycles. The third-order valence-corrected chi connectivity index (χ3v) is 5.38. The molecule has 0 spiro atoms. The summed E-state index contributed by atoms with van der Waals surface area (Å²) in [5.41, 5.74) is 6.39. The van der Waals surface area contributed by atoms with Crippen LogP contribution in [0.4, 0.5) is 8.78 Å². The summed E-state index contributed by atoms with van der Waals surface area (Å²) in [5.74, 6) is -5.10. The van der Waals surface area contributed by atoms with Crippen molar-refractivity contribution < 1.29 is 18.4 Å². The average Bonchev–Trinajstić information content (AvgIpc) is 2.80. The summed E-state index contributed by atoms with van der Waals surface area (Å²) in [7, 11) is 0. The van der Waals surface area contributed by atoms with Crippen molar-refractivity contribution in [2.75, 3.05) is 0 Å². The van der Waals surface area contributed by atoms with Crippen molar-refractivity contribution in [3.63, 3.8) is 0 Å². The van der Waals surface area contributed by atoms with Crippen LogP contribution in [-0.2, 0) is 11.2 Å². The normalized spacial score (nSPS) is 19.1. The molecule has 22 heavy (non-hydrogen) atoms. The van der Waals surface area contributed by atoms with Gasteiger partial charge in [-0.2, -0.15) is 0 Å². The smallest absolute Gasteiger partial charge is 0.277 e. The Kier molecular flexibility index (Phi) is 3.56. The van der Waals surface area contributed by atoms with Crippen molar-refractivity contribution in [3.05, 3.63) is 21.1 Å². The maximum Gasteiger partial charge on any atom is 0.277 e. The van der Waals surface area contributed by atoms with E-state index in [2.05, 4.69) is 9.97 Å². The lowest BCUT2D eigenvalue weighted by Crippen LogP contribution is -2.10. The molecule has 116 valence electrons. The number of aromatic nitrogens is 2. The second kappa shape index (κ2) is 5.17. The van der Waals surface area contributed by atoms with E-state index in [-0.39, 0.29) is 17.8 Å². The van der Waals surface area contributed by atoms with Crippen LogP contribution in [0.5, 0.6) is 0 Å². The Morgan fingerprint density at radius 2 is 2.14 bits per heavy atom. The van der Waals surface area contributed by atoms with Gasteiger partial charge >= 0.3 is 0 Å². The SMILES string of the molecule is Cc1nc(C(N)=O)sc1-c1csc(CC(=O)C2CC2(F)F)n1. The van der Waals surface area contributed by atoms with Crippen molar-refractivity contribution in [2.45, 2.75) is 25.7 Å². The molecule has 2 N–H and O–H groups in total. The number of ketones is 1. The van der Waals surface area contributed by atoms with Crippen LogP contribution in [0.3, 0.4) is 0 Å². The monoisotopic (exact) mass is 343 g/mol. The number of Topliss-reactive ketones (excluding diaryl/α,β-unsaturated/α-hetero) is 1. The number of halogens is 2. The van der Waals surface area contributed by atoms with Crippen molar-refractivity contribution in [1.82, 2.24) is 9.97 Å². The van der Waals surface area contributed by atoms with Crippen LogP contribution < -0.4 is 5.73 Å². The van der Waals surface area contributed by atoms with Gasteiger partial charge in [-0.25, -0.2) is 18.7 Å². The summed E-state index contributed by atoms with van der Waals surface area (Å²) >= 11 is 2.36. The number of amides is 1. The molecule has 1 atom stereocenters. The Morgan fingerprint density at radius 1 is 1.45 bits per heavy atom. The number of carbonyl (C=O) groups is 2. The van der Waals surface area contributed by atoms with Crippen LogP contribution in [-0.4, -0.2) is 27.6 Å². The Morgan fingerprint density at radius 3 is 2.68 bits per heavy atom. The minimum atomic E-state index is -2.85. The Balaban J connectivity index is 1.77. The van der Waals surface area contributed by atoms with Gasteiger partial charge in [-0.1, -0.05) is 0 Å². The molecule has 2 aromatic rings. The number of thiazole rings is 2. The molecule has 1 fully saturated rings. The van der Waals surface area contributed by atoms with Crippen LogP contribution in [0, 0.1) is 12.8 Å². The lowest BCUT2D eigenvalue weighted by Gasteiger charge is -1.96. The fourth-order valence-corrected chi connectivity index (χ4v) is 3.82. The second-order valence-electron chi connectivity index (χ2n) is 5.09. The number of carbonyl (C=O) groups excluding carboxylic acids is 2. The zero-order chi connectivity index (χ0) is 16.1. The summed E-state index contributed by atoms with van der Waals surface area (Å²) in [6.07, 6.45) is -0.453. The van der Waals surface area contributed by atoms with Crippen LogP contribution in [0.15, 0.2) is 5.38 Å². The van der Waals surface area contributed by atoms with Gasteiger partial charge in [0.25, 0.3) is 11.8 Å². The van der Waals surface area contributed by atoms with Crippen molar-refractivity contribution in [2.24, 2.45) is 11.7 Å². The summed E-state index contributed by atoms with van der Waals surface area (Å²) in [6, 6.07) is 0. The molecule has 2 heterocycles. The Hall–Kier alpha value is -1.74. The lowest BCUT2D eigenvalue weighted by atomic mass is 10.2. The molecule has 0 aliphatic heterocycles. The van der Waals surface area contributed by atoms with Crippen molar-refractivity contribution in [1.29, 1.82) is 0 Å². The van der Waals surface area contributed by atoms with Crippen molar-refractivity contribution >= 4 is 34.4 Å². The fourth-order valence-electron chi connectivity index (χ4n) is 2.07. The highest BCUT2D eigenvalue weighted by Crippen LogP contribution is 2.49. The fraction of sp³-hybridized carbons (Fsp3) is 0.385. The number of nitrogens with two attached hydrogens (primary N) is 1. The van der Waals surface area contributed by atoms with E-state index in [0.717, 1.165) is 11.3 Å². The molecule has 0 bridgehead atoms. The van der Waals surface area contributed by atoms with Gasteiger partial charge in [-0.3, -0.25) is 9.59 Å². The molecule has 9 heteroatoms. The summed E-state index contributed by atoms with van der Waals surface area (Å²) in [4.78, 5) is 31.9. The number of hydrogen-bond acceptors (Lipinski definition) is 6. The highest BCUT2D eigenvalue weighted by Gasteiger charge is 2.60. The third-order valence-electron chi connectivity index (χ3n) is 3.33. The van der Waals surface area contributed by atoms with Gasteiger partial charge < -0.3 is 5.73 Å². The van der Waals surface area contributed by atoms with E-state index in [1.165, 1.54) is 11.3 Å². The Bertz CT molecular complexity index is 769. The topological polar surface area (TPSA) is 85.9 Å². The van der Waals surface area contributed by atoms with E-state index in [0.29, 0.717) is 21.3 Å². The first-order valence-electron chi connectivity index (χ1n) is 6.40. The predicted molar refractivity (Wildman–Crippen MR) is 78.2 cm³/mol. The lowest BCUT2D eigenvalue weighted by molar-refractivity contribution is -0.121. The maximum atomic E-state index is 12.9. The van der Waals surface area contributed by atoms with E-state index in [9.17, 15) is 18.4 Å². The molecule has 0 saturated heterocycles. The van der Waals surface area contributed by atoms with Gasteiger partial charge in [0, 0.05) is 11.8 Å². The summed E-state index contributed by atoms with van der Waals surface area (Å²) in [5, 5.41) is 2.39. The van der Waals surface area contributed by atoms with Gasteiger partial charge in [0.05, 0.1) is 28.6 Å². The quantitative estimate of drug-likeness (QED) is 0.903. The van der Waals surface area contributed by atoms with Gasteiger partial charge in [0.15, 0.2) is 5.01 Å². The molecular weight excluding hydrogens is 332 g/mol. The largest absolute Gasteiger partial charge is 0.364 e. The third kappa shape index (κ3) is 2.78. The minimum Gasteiger partial charge on any atom is -0.364 e. The molecule has 1 saturated carbocycles. The molecule has 1 amide bonds. The standard InChI is InChI=1S/C13H11F2N3O2S2/c1-5-10(22-12(17-5)11(16)20)7-4-21-9(18-7)2-8(19)6-3-13(6,14)15/h4,6H,2-3H2,1H3,(H2,16,20).